The first-order valence-corrected chi connectivity index (χ1v) is 7.98. The molecule has 0 heterocycles. The van der Waals surface area contributed by atoms with E-state index in [-0.39, 0.29) is 6.61 Å². The SMILES string of the molecule is Cc1cc(OCC(=O)N/N=C\c2ccccc2OCC(=O)O)ccc1Cl. The smallest absolute Gasteiger partial charge is 0.341 e. The van der Waals surface area contributed by atoms with Gasteiger partial charge in [-0.05, 0) is 42.8 Å². The third-order valence-corrected chi connectivity index (χ3v) is 3.59. The lowest BCUT2D eigenvalue weighted by Crippen LogP contribution is -2.24. The van der Waals surface area contributed by atoms with Gasteiger partial charge in [0.25, 0.3) is 5.91 Å². The molecule has 0 bridgehead atoms. The molecule has 26 heavy (non-hydrogen) atoms. The van der Waals surface area contributed by atoms with E-state index in [0.717, 1.165) is 5.56 Å². The summed E-state index contributed by atoms with van der Waals surface area (Å²) >= 11 is 5.93. The van der Waals surface area contributed by atoms with Crippen molar-refractivity contribution in [3.8, 4) is 11.5 Å². The number of benzene rings is 2. The number of halogens is 1. The van der Waals surface area contributed by atoms with Gasteiger partial charge in [-0.15, -0.1) is 0 Å². The minimum absolute atomic E-state index is 0.213. The number of aryl methyl sites for hydroxylation is 1. The highest BCUT2D eigenvalue weighted by Crippen LogP contribution is 2.20. The van der Waals surface area contributed by atoms with Gasteiger partial charge >= 0.3 is 5.97 Å². The van der Waals surface area contributed by atoms with Gasteiger partial charge in [0, 0.05) is 10.6 Å². The van der Waals surface area contributed by atoms with Crippen molar-refractivity contribution in [3.05, 3.63) is 58.6 Å². The molecule has 136 valence electrons. The quantitative estimate of drug-likeness (QED) is 0.545. The Balaban J connectivity index is 1.86. The van der Waals surface area contributed by atoms with Gasteiger partial charge in [0.15, 0.2) is 13.2 Å². The number of para-hydroxylation sites is 1. The van der Waals surface area contributed by atoms with Crippen LogP contribution in [0.3, 0.4) is 0 Å². The van der Waals surface area contributed by atoms with Crippen LogP contribution in [0.25, 0.3) is 0 Å². The standard InChI is InChI=1S/C18H17ClN2O5/c1-12-8-14(6-7-15(12)19)25-10-17(22)21-20-9-13-4-2-3-5-16(13)26-11-18(23)24/h2-9H,10-11H2,1H3,(H,21,22)(H,23,24)/b20-9-. The van der Waals surface area contributed by atoms with Crippen LogP contribution in [0.5, 0.6) is 11.5 Å². The molecule has 0 radical (unpaired) electrons. The highest BCUT2D eigenvalue weighted by molar-refractivity contribution is 6.31. The number of rotatable bonds is 8. The summed E-state index contributed by atoms with van der Waals surface area (Å²) < 4.78 is 10.5. The molecule has 8 heteroatoms. The molecule has 0 aliphatic carbocycles. The largest absolute Gasteiger partial charge is 0.484 e. The van der Waals surface area contributed by atoms with Crippen LogP contribution in [0, 0.1) is 6.92 Å². The average Bonchev–Trinajstić information content (AvgIpc) is 2.62. The van der Waals surface area contributed by atoms with Gasteiger partial charge in [0.05, 0.1) is 6.21 Å². The summed E-state index contributed by atoms with van der Waals surface area (Å²) in [6.07, 6.45) is 1.36. The molecule has 0 saturated heterocycles. The Labute approximate surface area is 155 Å². The lowest BCUT2D eigenvalue weighted by molar-refractivity contribution is -0.139. The van der Waals surface area contributed by atoms with Crippen LogP contribution in [0.4, 0.5) is 0 Å². The number of carboxylic acids is 1. The van der Waals surface area contributed by atoms with Crippen LogP contribution >= 0.6 is 11.6 Å². The maximum absolute atomic E-state index is 11.8. The van der Waals surface area contributed by atoms with E-state index in [9.17, 15) is 9.59 Å². The Morgan fingerprint density at radius 3 is 2.69 bits per heavy atom. The van der Waals surface area contributed by atoms with Crippen LogP contribution in [0.2, 0.25) is 5.02 Å². The Morgan fingerprint density at radius 2 is 1.96 bits per heavy atom. The van der Waals surface area contributed by atoms with E-state index in [4.69, 9.17) is 26.2 Å². The topological polar surface area (TPSA) is 97.2 Å². The van der Waals surface area contributed by atoms with Crippen LogP contribution in [0.1, 0.15) is 11.1 Å². The molecule has 0 saturated carbocycles. The van der Waals surface area contributed by atoms with Crippen LogP contribution < -0.4 is 14.9 Å². The van der Waals surface area contributed by atoms with Gasteiger partial charge in [-0.1, -0.05) is 23.7 Å². The Hall–Kier alpha value is -3.06. The molecular formula is C18H17ClN2O5. The van der Waals surface area contributed by atoms with E-state index in [1.807, 2.05) is 6.92 Å². The number of hydrogen-bond donors (Lipinski definition) is 2. The number of carbonyl (C=O) groups is 2. The van der Waals surface area contributed by atoms with Crippen molar-refractivity contribution in [1.82, 2.24) is 5.43 Å². The predicted molar refractivity (Wildman–Crippen MR) is 97.0 cm³/mol. The molecule has 7 nitrogen and oxygen atoms in total. The molecule has 0 spiro atoms. The number of hydrogen-bond acceptors (Lipinski definition) is 5. The summed E-state index contributed by atoms with van der Waals surface area (Å²) in [5.41, 5.74) is 3.71. The molecule has 0 aromatic heterocycles. The zero-order valence-corrected chi connectivity index (χ0v) is 14.7. The van der Waals surface area contributed by atoms with E-state index in [0.29, 0.717) is 22.1 Å². The zero-order valence-electron chi connectivity index (χ0n) is 13.9. The van der Waals surface area contributed by atoms with Crippen molar-refractivity contribution in [2.45, 2.75) is 6.92 Å². The highest BCUT2D eigenvalue weighted by atomic mass is 35.5. The monoisotopic (exact) mass is 376 g/mol. The lowest BCUT2D eigenvalue weighted by atomic mass is 10.2. The third kappa shape index (κ3) is 6.10. The molecule has 0 atom stereocenters. The van der Waals surface area contributed by atoms with E-state index in [2.05, 4.69) is 10.5 Å². The fourth-order valence-electron chi connectivity index (χ4n) is 1.92. The molecule has 1 amide bonds. The number of ether oxygens (including phenoxy) is 2. The van der Waals surface area contributed by atoms with E-state index >= 15 is 0 Å². The summed E-state index contributed by atoms with van der Waals surface area (Å²) in [4.78, 5) is 22.4. The van der Waals surface area contributed by atoms with E-state index < -0.39 is 18.5 Å². The number of hydrazone groups is 1. The molecular weight excluding hydrogens is 360 g/mol. The Morgan fingerprint density at radius 1 is 1.19 bits per heavy atom. The van der Waals surface area contributed by atoms with Crippen LogP contribution in [-0.2, 0) is 9.59 Å². The minimum Gasteiger partial charge on any atom is -0.484 e. The lowest BCUT2D eigenvalue weighted by Gasteiger charge is -2.07. The predicted octanol–water partition coefficient (Wildman–Crippen LogP) is 2.64. The maximum Gasteiger partial charge on any atom is 0.341 e. The third-order valence-electron chi connectivity index (χ3n) is 3.16. The summed E-state index contributed by atoms with van der Waals surface area (Å²) in [7, 11) is 0. The maximum atomic E-state index is 11.8. The number of aliphatic carboxylic acids is 1. The van der Waals surface area contributed by atoms with Crippen molar-refractivity contribution in [2.75, 3.05) is 13.2 Å². The van der Waals surface area contributed by atoms with Crippen molar-refractivity contribution < 1.29 is 24.2 Å². The highest BCUT2D eigenvalue weighted by Gasteiger charge is 2.05. The van der Waals surface area contributed by atoms with Crippen molar-refractivity contribution in [1.29, 1.82) is 0 Å². The van der Waals surface area contributed by atoms with Crippen molar-refractivity contribution in [3.63, 3.8) is 0 Å². The van der Waals surface area contributed by atoms with Gasteiger partial charge in [-0.3, -0.25) is 4.79 Å². The second-order valence-electron chi connectivity index (χ2n) is 5.21. The first-order valence-electron chi connectivity index (χ1n) is 7.60. The zero-order chi connectivity index (χ0) is 18.9. The molecule has 2 aromatic carbocycles. The molecule has 2 N–H and O–H groups in total. The van der Waals surface area contributed by atoms with Crippen LogP contribution in [-0.4, -0.2) is 36.4 Å². The fourth-order valence-corrected chi connectivity index (χ4v) is 2.04. The van der Waals surface area contributed by atoms with Crippen LogP contribution in [0.15, 0.2) is 47.6 Å². The summed E-state index contributed by atoms with van der Waals surface area (Å²) in [6.45, 7) is 1.16. The van der Waals surface area contributed by atoms with Crippen molar-refractivity contribution >= 4 is 29.7 Å². The van der Waals surface area contributed by atoms with Gasteiger partial charge in [0.1, 0.15) is 11.5 Å². The van der Waals surface area contributed by atoms with Gasteiger partial charge < -0.3 is 14.6 Å². The normalized spacial score (nSPS) is 10.5. The number of amides is 1. The first-order chi connectivity index (χ1) is 12.5. The van der Waals surface area contributed by atoms with E-state index in [1.54, 1.807) is 42.5 Å². The molecule has 2 rings (SSSR count). The molecule has 0 unspecified atom stereocenters. The number of nitrogens with one attached hydrogen (secondary N) is 1. The van der Waals surface area contributed by atoms with Crippen molar-refractivity contribution in [2.24, 2.45) is 5.10 Å². The summed E-state index contributed by atoms with van der Waals surface area (Å²) in [5.74, 6) is -0.656. The number of carbonyl (C=O) groups excluding carboxylic acids is 1. The Bertz CT molecular complexity index is 823. The van der Waals surface area contributed by atoms with E-state index in [1.165, 1.54) is 6.21 Å². The van der Waals surface area contributed by atoms with Gasteiger partial charge in [-0.2, -0.15) is 5.10 Å². The first kappa shape index (κ1) is 19.3. The summed E-state index contributed by atoms with van der Waals surface area (Å²) in [6, 6.07) is 11.8. The number of nitrogens with zero attached hydrogens (tertiary/aromatic N) is 1. The Kier molecular flexibility index (Phi) is 6.99. The molecule has 2 aromatic rings. The molecule has 0 aliphatic rings. The minimum atomic E-state index is -1.08. The number of carboxylic acid groups (broad SMARTS) is 1. The second-order valence-corrected chi connectivity index (χ2v) is 5.62. The fraction of sp³-hybridized carbons (Fsp3) is 0.167. The molecule has 0 aliphatic heterocycles. The van der Waals surface area contributed by atoms with Gasteiger partial charge in [-0.25, -0.2) is 10.2 Å². The average molecular weight is 377 g/mol. The summed E-state index contributed by atoms with van der Waals surface area (Å²) in [5, 5.41) is 13.1. The molecule has 0 fully saturated rings. The van der Waals surface area contributed by atoms with Gasteiger partial charge in [0.2, 0.25) is 0 Å². The second kappa shape index (κ2) is 9.43.